The van der Waals surface area contributed by atoms with Crippen molar-refractivity contribution in [3.63, 3.8) is 0 Å². The molecule has 0 saturated heterocycles. The normalized spacial score (nSPS) is 13.0. The Hall–Kier alpha value is -3.18. The minimum atomic E-state index is -0.564. The Bertz CT molecular complexity index is 1200. The van der Waals surface area contributed by atoms with Crippen molar-refractivity contribution in [2.24, 2.45) is 0 Å². The third kappa shape index (κ3) is 49.5. The maximum Gasteiger partial charge on any atom is 0.306 e. The average Bonchev–Trinajstić information content (AvgIpc) is 3.27. The third-order valence-corrected chi connectivity index (χ3v) is 10.6. The number of hydrogen-bond donors (Lipinski definition) is 0. The Balaban J connectivity index is 4.35. The Morgan fingerprint density at radius 2 is 0.726 bits per heavy atom. The van der Waals surface area contributed by atoms with Crippen LogP contribution in [0.15, 0.2) is 97.2 Å². The van der Waals surface area contributed by atoms with Gasteiger partial charge in [0.15, 0.2) is 6.10 Å². The Morgan fingerprint density at radius 3 is 1.16 bits per heavy atom. The van der Waals surface area contributed by atoms with E-state index < -0.39 is 6.10 Å². The van der Waals surface area contributed by atoms with Crippen LogP contribution in [0.1, 0.15) is 226 Å². The maximum absolute atomic E-state index is 12.8. The van der Waals surface area contributed by atoms with E-state index >= 15 is 0 Å². The molecule has 0 spiro atoms. The van der Waals surface area contributed by atoms with Crippen molar-refractivity contribution < 1.29 is 23.8 Å². The highest BCUT2D eigenvalue weighted by Crippen LogP contribution is 2.13. The zero-order valence-corrected chi connectivity index (χ0v) is 40.6. The molecule has 0 saturated carbocycles. The molecule has 0 aliphatic rings. The monoisotopic (exact) mass is 861 g/mol. The smallest absolute Gasteiger partial charge is 0.306 e. The Labute approximate surface area is 383 Å². The lowest BCUT2D eigenvalue weighted by molar-refractivity contribution is -0.163. The lowest BCUT2D eigenvalue weighted by Gasteiger charge is -2.18. The summed E-state index contributed by atoms with van der Waals surface area (Å²) in [6.45, 7) is 7.50. The Morgan fingerprint density at radius 1 is 0.371 bits per heavy atom. The summed E-state index contributed by atoms with van der Waals surface area (Å²) in [4.78, 5) is 25.4. The molecule has 0 N–H and O–H groups in total. The van der Waals surface area contributed by atoms with Crippen LogP contribution >= 0.6 is 0 Å². The first-order chi connectivity index (χ1) is 30.6. The standard InChI is InChI=1S/C57H96O5/c1-4-7-10-13-16-19-22-25-28-29-31-32-35-38-41-44-47-50-56(58)61-54-55(53-60-52-49-46-43-40-37-34-27-24-21-18-15-12-9-6-3)62-57(59)51-48-45-42-39-36-33-30-26-23-20-17-14-11-8-5-2/h7,9-10,12,16-21,25-28,30,34,55H,4-6,8,11,13-15,22-24,29,31-33,35-54H2,1-3H3/b10-7-,12-9-,19-16-,20-17-,21-18-,28-25-,30-26-,34-27-. The highest BCUT2D eigenvalue weighted by molar-refractivity contribution is 5.70. The van der Waals surface area contributed by atoms with Crippen LogP contribution in [0.5, 0.6) is 0 Å². The van der Waals surface area contributed by atoms with Gasteiger partial charge in [0.2, 0.25) is 0 Å². The molecule has 354 valence electrons. The van der Waals surface area contributed by atoms with Crippen LogP contribution in [-0.2, 0) is 23.8 Å². The third-order valence-electron chi connectivity index (χ3n) is 10.6. The second-order valence-corrected chi connectivity index (χ2v) is 16.7. The van der Waals surface area contributed by atoms with E-state index in [9.17, 15) is 9.59 Å². The highest BCUT2D eigenvalue weighted by atomic mass is 16.6. The molecule has 1 atom stereocenters. The van der Waals surface area contributed by atoms with Gasteiger partial charge in [0, 0.05) is 19.4 Å². The summed E-state index contributed by atoms with van der Waals surface area (Å²) in [7, 11) is 0. The van der Waals surface area contributed by atoms with E-state index in [1.54, 1.807) is 0 Å². The fraction of sp³-hybridized carbons (Fsp3) is 0.684. The fourth-order valence-electron chi connectivity index (χ4n) is 6.80. The number of hydrogen-bond acceptors (Lipinski definition) is 5. The summed E-state index contributed by atoms with van der Waals surface area (Å²) in [5.41, 5.74) is 0. The Kier molecular flexibility index (Phi) is 49.5. The number of esters is 2. The van der Waals surface area contributed by atoms with E-state index in [4.69, 9.17) is 14.2 Å². The van der Waals surface area contributed by atoms with E-state index in [0.717, 1.165) is 116 Å². The summed E-state index contributed by atoms with van der Waals surface area (Å²) < 4.78 is 17.4. The number of ether oxygens (including phenoxy) is 3. The average molecular weight is 861 g/mol. The van der Waals surface area contributed by atoms with Crippen LogP contribution < -0.4 is 0 Å². The molecular weight excluding hydrogens is 765 g/mol. The molecule has 5 nitrogen and oxygen atoms in total. The molecule has 0 aromatic rings. The molecule has 0 rings (SSSR count). The van der Waals surface area contributed by atoms with E-state index in [2.05, 4.69) is 118 Å². The predicted octanol–water partition coefficient (Wildman–Crippen LogP) is 17.5. The SMILES string of the molecule is CC/C=C\C/C=C\C/C=C\CCCCCCCCCC(=O)OCC(COCCCCCC/C=C\C/C=C\C/C=C\CC)OC(=O)CCCCCCC/C=C\C/C=C\CCCCC. The largest absolute Gasteiger partial charge is 0.462 e. The van der Waals surface area contributed by atoms with Crippen molar-refractivity contribution in [3.05, 3.63) is 97.2 Å². The predicted molar refractivity (Wildman–Crippen MR) is 270 cm³/mol. The lowest BCUT2D eigenvalue weighted by atomic mass is 10.1. The summed E-state index contributed by atoms with van der Waals surface area (Å²) in [6.07, 6.45) is 69.8. The molecule has 0 heterocycles. The molecule has 0 aliphatic carbocycles. The molecule has 0 amide bonds. The number of rotatable bonds is 46. The van der Waals surface area contributed by atoms with Crippen molar-refractivity contribution in [3.8, 4) is 0 Å². The molecular formula is C57H96O5. The van der Waals surface area contributed by atoms with Crippen molar-refractivity contribution in [1.82, 2.24) is 0 Å². The van der Waals surface area contributed by atoms with Crippen LogP contribution in [0.3, 0.4) is 0 Å². The van der Waals surface area contributed by atoms with Crippen molar-refractivity contribution >= 4 is 11.9 Å². The summed E-state index contributed by atoms with van der Waals surface area (Å²) in [6, 6.07) is 0. The van der Waals surface area contributed by atoms with Gasteiger partial charge in [-0.05, 0) is 116 Å². The number of unbranched alkanes of at least 4 members (excludes halogenated alkanes) is 19. The minimum absolute atomic E-state index is 0.0603. The van der Waals surface area contributed by atoms with E-state index in [-0.39, 0.29) is 25.2 Å². The summed E-state index contributed by atoms with van der Waals surface area (Å²) >= 11 is 0. The van der Waals surface area contributed by atoms with Crippen molar-refractivity contribution in [2.75, 3.05) is 19.8 Å². The summed E-state index contributed by atoms with van der Waals surface area (Å²) in [5.74, 6) is -0.440. The topological polar surface area (TPSA) is 61.8 Å². The van der Waals surface area contributed by atoms with Crippen LogP contribution in [0, 0.1) is 0 Å². The van der Waals surface area contributed by atoms with Gasteiger partial charge in [-0.3, -0.25) is 9.59 Å². The van der Waals surface area contributed by atoms with Gasteiger partial charge in [0.25, 0.3) is 0 Å². The first-order valence-corrected chi connectivity index (χ1v) is 25.8. The van der Waals surface area contributed by atoms with Gasteiger partial charge in [0.05, 0.1) is 6.61 Å². The highest BCUT2D eigenvalue weighted by Gasteiger charge is 2.17. The first kappa shape index (κ1) is 58.8. The molecule has 5 heteroatoms. The molecule has 0 bridgehead atoms. The van der Waals surface area contributed by atoms with Gasteiger partial charge in [-0.2, -0.15) is 0 Å². The molecule has 1 unspecified atom stereocenters. The van der Waals surface area contributed by atoms with Gasteiger partial charge in [-0.15, -0.1) is 0 Å². The van der Waals surface area contributed by atoms with Gasteiger partial charge >= 0.3 is 11.9 Å². The van der Waals surface area contributed by atoms with E-state index in [1.165, 1.54) is 77.0 Å². The molecule has 0 fully saturated rings. The second kappa shape index (κ2) is 52.2. The number of allylic oxidation sites excluding steroid dienone is 16. The van der Waals surface area contributed by atoms with Crippen LogP contribution in [0.25, 0.3) is 0 Å². The minimum Gasteiger partial charge on any atom is -0.462 e. The quantitative estimate of drug-likeness (QED) is 0.0347. The number of carbonyl (C=O) groups is 2. The van der Waals surface area contributed by atoms with Crippen molar-refractivity contribution in [1.29, 1.82) is 0 Å². The first-order valence-electron chi connectivity index (χ1n) is 25.8. The van der Waals surface area contributed by atoms with Crippen LogP contribution in [-0.4, -0.2) is 37.9 Å². The van der Waals surface area contributed by atoms with Gasteiger partial charge in [-0.25, -0.2) is 0 Å². The molecule has 0 aromatic carbocycles. The van der Waals surface area contributed by atoms with Crippen LogP contribution in [0.2, 0.25) is 0 Å². The second-order valence-electron chi connectivity index (χ2n) is 16.7. The molecule has 0 aromatic heterocycles. The maximum atomic E-state index is 12.8. The fourth-order valence-corrected chi connectivity index (χ4v) is 6.80. The number of carbonyl (C=O) groups excluding carboxylic acids is 2. The molecule has 0 aliphatic heterocycles. The molecule has 0 radical (unpaired) electrons. The van der Waals surface area contributed by atoms with E-state index in [0.29, 0.717) is 19.4 Å². The van der Waals surface area contributed by atoms with Crippen LogP contribution in [0.4, 0.5) is 0 Å². The molecule has 62 heavy (non-hydrogen) atoms. The lowest BCUT2D eigenvalue weighted by Crippen LogP contribution is -2.30. The zero-order valence-electron chi connectivity index (χ0n) is 40.6. The van der Waals surface area contributed by atoms with Gasteiger partial charge in [0.1, 0.15) is 6.61 Å². The van der Waals surface area contributed by atoms with Gasteiger partial charge in [-0.1, -0.05) is 195 Å². The van der Waals surface area contributed by atoms with E-state index in [1.807, 2.05) is 0 Å². The summed E-state index contributed by atoms with van der Waals surface area (Å²) in [5, 5.41) is 0. The zero-order chi connectivity index (χ0) is 44.9. The van der Waals surface area contributed by atoms with Crippen molar-refractivity contribution in [2.45, 2.75) is 232 Å². The van der Waals surface area contributed by atoms with Gasteiger partial charge < -0.3 is 14.2 Å².